The second kappa shape index (κ2) is 6.09. The second-order valence-corrected chi connectivity index (χ2v) is 7.09. The largest absolute Gasteiger partial charge is 0.497 e. The molecule has 2 aromatic rings. The molecule has 1 aliphatic carbocycles. The molecular weight excluding hydrogens is 338 g/mol. The van der Waals surface area contributed by atoms with E-state index >= 15 is 0 Å². The van der Waals surface area contributed by atoms with Crippen LogP contribution in [0.15, 0.2) is 12.1 Å². The van der Waals surface area contributed by atoms with Gasteiger partial charge < -0.3 is 9.47 Å². The molecule has 0 bridgehead atoms. The molecule has 3 rings (SSSR count). The molecule has 1 aromatic heterocycles. The molecule has 0 atom stereocenters. The highest BCUT2D eigenvalue weighted by atomic mass is 35.5. The van der Waals surface area contributed by atoms with Crippen molar-refractivity contribution in [2.75, 3.05) is 13.7 Å². The molecule has 23 heavy (non-hydrogen) atoms. The standard InChI is InChI=1S/C16H16ClNO4S/c1-3-22-14(20)16(5-4-6-16)13(19)10-7-9(21-2)8-11-12(10)18-15(17)23-11/h7-8H,3-6H2,1-2H3. The van der Waals surface area contributed by atoms with Crippen LogP contribution in [0, 0.1) is 5.41 Å². The van der Waals surface area contributed by atoms with Gasteiger partial charge in [0.2, 0.25) is 0 Å². The fourth-order valence-corrected chi connectivity index (χ4v) is 3.93. The highest BCUT2D eigenvalue weighted by Gasteiger charge is 2.52. The summed E-state index contributed by atoms with van der Waals surface area (Å²) in [7, 11) is 1.53. The fraction of sp³-hybridized carbons (Fsp3) is 0.438. The van der Waals surface area contributed by atoms with Crippen LogP contribution in [0.5, 0.6) is 5.75 Å². The van der Waals surface area contributed by atoms with Crippen LogP contribution in [-0.2, 0) is 9.53 Å². The molecule has 1 saturated carbocycles. The van der Waals surface area contributed by atoms with Crippen LogP contribution in [0.4, 0.5) is 0 Å². The van der Waals surface area contributed by atoms with Crippen molar-refractivity contribution in [2.45, 2.75) is 26.2 Å². The predicted octanol–water partition coefficient (Wildman–Crippen LogP) is 3.87. The molecule has 122 valence electrons. The number of thiazole rings is 1. The van der Waals surface area contributed by atoms with Gasteiger partial charge in [0.05, 0.1) is 23.9 Å². The molecule has 1 aliphatic rings. The van der Waals surface area contributed by atoms with E-state index in [1.165, 1.54) is 18.4 Å². The van der Waals surface area contributed by atoms with E-state index in [2.05, 4.69) is 4.98 Å². The maximum Gasteiger partial charge on any atom is 0.320 e. The number of benzene rings is 1. The highest BCUT2D eigenvalue weighted by molar-refractivity contribution is 7.22. The maximum atomic E-state index is 13.1. The molecule has 0 N–H and O–H groups in total. The molecule has 0 amide bonds. The number of ketones is 1. The van der Waals surface area contributed by atoms with E-state index in [-0.39, 0.29) is 12.4 Å². The van der Waals surface area contributed by atoms with Crippen LogP contribution in [-0.4, -0.2) is 30.5 Å². The average molecular weight is 354 g/mol. The van der Waals surface area contributed by atoms with E-state index < -0.39 is 11.4 Å². The van der Waals surface area contributed by atoms with E-state index in [1.807, 2.05) is 0 Å². The van der Waals surface area contributed by atoms with Crippen molar-refractivity contribution in [3.63, 3.8) is 0 Å². The summed E-state index contributed by atoms with van der Waals surface area (Å²) in [5.74, 6) is -0.166. The van der Waals surface area contributed by atoms with Gasteiger partial charge in [-0.2, -0.15) is 0 Å². The summed E-state index contributed by atoms with van der Waals surface area (Å²) >= 11 is 7.27. The smallest absolute Gasteiger partial charge is 0.320 e. The van der Waals surface area contributed by atoms with Crippen LogP contribution < -0.4 is 4.74 Å². The Balaban J connectivity index is 2.11. The first-order valence-electron chi connectivity index (χ1n) is 7.38. The lowest BCUT2D eigenvalue weighted by molar-refractivity contribution is -0.156. The highest BCUT2D eigenvalue weighted by Crippen LogP contribution is 2.46. The lowest BCUT2D eigenvalue weighted by atomic mass is 9.64. The van der Waals surface area contributed by atoms with Crippen molar-refractivity contribution < 1.29 is 19.1 Å². The Hall–Kier alpha value is -1.66. The summed E-state index contributed by atoms with van der Waals surface area (Å²) in [5, 5.41) is 0. The van der Waals surface area contributed by atoms with Crippen molar-refractivity contribution in [3.05, 3.63) is 22.2 Å². The number of halogens is 1. The lowest BCUT2D eigenvalue weighted by Crippen LogP contribution is -2.46. The minimum absolute atomic E-state index is 0.254. The Morgan fingerprint density at radius 1 is 1.39 bits per heavy atom. The number of carbonyl (C=O) groups is 2. The van der Waals surface area contributed by atoms with Gasteiger partial charge in [0.15, 0.2) is 10.3 Å². The first kappa shape index (κ1) is 16.2. The third-order valence-corrected chi connectivity index (χ3v) is 5.34. The van der Waals surface area contributed by atoms with Crippen LogP contribution >= 0.6 is 22.9 Å². The van der Waals surface area contributed by atoms with Gasteiger partial charge in [0.1, 0.15) is 11.2 Å². The van der Waals surface area contributed by atoms with Crippen molar-refractivity contribution >= 4 is 44.9 Å². The van der Waals surface area contributed by atoms with Gasteiger partial charge in [-0.25, -0.2) is 4.98 Å². The maximum absolute atomic E-state index is 13.1. The minimum atomic E-state index is -1.09. The number of esters is 1. The number of fused-ring (bicyclic) bond motifs is 1. The van der Waals surface area contributed by atoms with Crippen molar-refractivity contribution in [2.24, 2.45) is 5.41 Å². The number of rotatable bonds is 5. The molecule has 1 fully saturated rings. The normalized spacial score (nSPS) is 16.0. The summed E-state index contributed by atoms with van der Waals surface area (Å²) in [6, 6.07) is 3.41. The van der Waals surface area contributed by atoms with Gasteiger partial charge in [0.25, 0.3) is 0 Å². The number of ether oxygens (including phenoxy) is 2. The second-order valence-electron chi connectivity index (χ2n) is 5.47. The van der Waals surface area contributed by atoms with Crippen LogP contribution in [0.2, 0.25) is 4.47 Å². The van der Waals surface area contributed by atoms with Gasteiger partial charge in [-0.1, -0.05) is 18.0 Å². The Kier molecular flexibility index (Phi) is 4.29. The van der Waals surface area contributed by atoms with Crippen molar-refractivity contribution in [3.8, 4) is 5.75 Å². The Morgan fingerprint density at radius 2 is 2.13 bits per heavy atom. The van der Waals surface area contributed by atoms with Gasteiger partial charge >= 0.3 is 5.97 Å². The molecule has 0 saturated heterocycles. The first-order chi connectivity index (χ1) is 11.0. The summed E-state index contributed by atoms with van der Waals surface area (Å²) in [4.78, 5) is 29.7. The predicted molar refractivity (Wildman–Crippen MR) is 88.4 cm³/mol. The van der Waals surface area contributed by atoms with E-state index in [0.717, 1.165) is 11.1 Å². The Morgan fingerprint density at radius 3 is 2.70 bits per heavy atom. The minimum Gasteiger partial charge on any atom is -0.497 e. The van der Waals surface area contributed by atoms with Crippen molar-refractivity contribution in [1.82, 2.24) is 4.98 Å². The number of hydrogen-bond acceptors (Lipinski definition) is 6. The monoisotopic (exact) mass is 353 g/mol. The topological polar surface area (TPSA) is 65.5 Å². The van der Waals surface area contributed by atoms with E-state index in [4.69, 9.17) is 21.1 Å². The van der Waals surface area contributed by atoms with Crippen LogP contribution in [0.3, 0.4) is 0 Å². The molecule has 5 nitrogen and oxygen atoms in total. The van der Waals surface area contributed by atoms with E-state index in [1.54, 1.807) is 19.1 Å². The van der Waals surface area contributed by atoms with Crippen LogP contribution in [0.1, 0.15) is 36.5 Å². The summed E-state index contributed by atoms with van der Waals surface area (Å²) in [5.41, 5.74) is -0.206. The Bertz CT molecular complexity index is 782. The van der Waals surface area contributed by atoms with E-state index in [9.17, 15) is 9.59 Å². The van der Waals surface area contributed by atoms with Gasteiger partial charge in [-0.3, -0.25) is 9.59 Å². The van der Waals surface area contributed by atoms with Gasteiger partial charge in [-0.15, -0.1) is 11.3 Å². The average Bonchev–Trinajstić information content (AvgIpc) is 2.85. The number of carbonyl (C=O) groups excluding carboxylic acids is 2. The fourth-order valence-electron chi connectivity index (χ4n) is 2.85. The van der Waals surface area contributed by atoms with Crippen molar-refractivity contribution in [1.29, 1.82) is 0 Å². The SMILES string of the molecule is CCOC(=O)C1(C(=O)c2cc(OC)cc3sc(Cl)nc23)CCC1. The molecule has 0 aliphatic heterocycles. The molecule has 0 spiro atoms. The zero-order chi connectivity index (χ0) is 16.6. The van der Waals surface area contributed by atoms with Crippen LogP contribution in [0.25, 0.3) is 10.2 Å². The van der Waals surface area contributed by atoms with Gasteiger partial charge in [-0.05, 0) is 31.9 Å². The zero-order valence-corrected chi connectivity index (χ0v) is 14.4. The molecule has 1 aromatic carbocycles. The third-order valence-electron chi connectivity index (χ3n) is 4.23. The summed E-state index contributed by atoms with van der Waals surface area (Å²) in [6.45, 7) is 1.99. The molecule has 7 heteroatoms. The quantitative estimate of drug-likeness (QED) is 0.463. The number of nitrogens with zero attached hydrogens (tertiary/aromatic N) is 1. The Labute approximate surface area is 142 Å². The summed E-state index contributed by atoms with van der Waals surface area (Å²) < 4.78 is 11.5. The lowest BCUT2D eigenvalue weighted by Gasteiger charge is -2.37. The zero-order valence-electron chi connectivity index (χ0n) is 12.8. The first-order valence-corrected chi connectivity index (χ1v) is 8.57. The molecular formula is C16H16ClNO4S. The number of Topliss-reactive ketones (excluding diaryl/α,β-unsaturated/α-hetero) is 1. The number of aromatic nitrogens is 1. The molecule has 1 heterocycles. The summed E-state index contributed by atoms with van der Waals surface area (Å²) in [6.07, 6.45) is 1.83. The number of methoxy groups -OCH3 is 1. The molecule has 0 unspecified atom stereocenters. The van der Waals surface area contributed by atoms with Gasteiger partial charge in [0, 0.05) is 5.56 Å². The van der Waals surface area contributed by atoms with E-state index in [0.29, 0.717) is 34.1 Å². The molecule has 0 radical (unpaired) electrons. The third kappa shape index (κ3) is 2.60. The number of hydrogen-bond donors (Lipinski definition) is 0.